The maximum atomic E-state index is 5.85. The first-order chi connectivity index (χ1) is 9.28. The van der Waals surface area contributed by atoms with Crippen LogP contribution in [-0.4, -0.2) is 28.1 Å². The van der Waals surface area contributed by atoms with Gasteiger partial charge >= 0.3 is 6.01 Å². The van der Waals surface area contributed by atoms with Crippen LogP contribution in [0.3, 0.4) is 0 Å². The second kappa shape index (κ2) is 7.48. The molecule has 5 nitrogen and oxygen atoms in total. The van der Waals surface area contributed by atoms with E-state index in [0.717, 1.165) is 25.3 Å². The third-order valence-electron chi connectivity index (χ3n) is 3.33. The van der Waals surface area contributed by atoms with Crippen LogP contribution in [0.4, 0.5) is 5.95 Å². The van der Waals surface area contributed by atoms with Gasteiger partial charge in [-0.2, -0.15) is 15.0 Å². The first kappa shape index (κ1) is 14.3. The van der Waals surface area contributed by atoms with Crippen molar-refractivity contribution < 1.29 is 4.74 Å². The smallest absolute Gasteiger partial charge is 0.322 e. The highest BCUT2D eigenvalue weighted by atomic mass is 35.5. The Labute approximate surface area is 119 Å². The van der Waals surface area contributed by atoms with E-state index in [1.165, 1.54) is 25.7 Å². The van der Waals surface area contributed by atoms with Crippen LogP contribution in [0.15, 0.2) is 0 Å². The maximum absolute atomic E-state index is 5.85. The fraction of sp³-hybridized carbons (Fsp3) is 0.769. The van der Waals surface area contributed by atoms with E-state index in [0.29, 0.717) is 18.6 Å². The Balaban J connectivity index is 1.82. The highest BCUT2D eigenvalue weighted by molar-refractivity contribution is 6.28. The second-order valence-electron chi connectivity index (χ2n) is 4.93. The molecular formula is C13H21ClN4O. The standard InChI is InChI=1S/C13H21ClN4O/c1-2-9-19-13-17-11(14)16-12(18-13)15-8-7-10-5-3-4-6-10/h10H,2-9H2,1H3,(H,15,16,17,18). The number of aromatic nitrogens is 3. The molecule has 1 fully saturated rings. The fourth-order valence-corrected chi connectivity index (χ4v) is 2.51. The van der Waals surface area contributed by atoms with Crippen LogP contribution in [0.1, 0.15) is 45.4 Å². The molecule has 0 aromatic carbocycles. The molecule has 1 aromatic rings. The van der Waals surface area contributed by atoms with Crippen molar-refractivity contribution in [2.24, 2.45) is 5.92 Å². The van der Waals surface area contributed by atoms with Crippen LogP contribution in [0, 0.1) is 5.92 Å². The summed E-state index contributed by atoms with van der Waals surface area (Å²) in [4.78, 5) is 12.2. The number of rotatable bonds is 7. The molecule has 0 spiro atoms. The normalized spacial score (nSPS) is 15.7. The Morgan fingerprint density at radius 2 is 2.05 bits per heavy atom. The van der Waals surface area contributed by atoms with Gasteiger partial charge in [-0.05, 0) is 30.4 Å². The van der Waals surface area contributed by atoms with E-state index in [-0.39, 0.29) is 5.28 Å². The van der Waals surface area contributed by atoms with Gasteiger partial charge in [-0.1, -0.05) is 32.6 Å². The summed E-state index contributed by atoms with van der Waals surface area (Å²) in [5.74, 6) is 1.35. The molecule has 19 heavy (non-hydrogen) atoms. The van der Waals surface area contributed by atoms with Gasteiger partial charge in [0.2, 0.25) is 11.2 Å². The monoisotopic (exact) mass is 284 g/mol. The summed E-state index contributed by atoms with van der Waals surface area (Å²) in [6.45, 7) is 3.49. The highest BCUT2D eigenvalue weighted by Gasteiger charge is 2.14. The molecule has 1 heterocycles. The number of ether oxygens (including phenoxy) is 1. The molecule has 1 aromatic heterocycles. The zero-order valence-corrected chi connectivity index (χ0v) is 12.1. The van der Waals surface area contributed by atoms with Gasteiger partial charge in [0.05, 0.1) is 6.61 Å². The number of hydrogen-bond acceptors (Lipinski definition) is 5. The van der Waals surface area contributed by atoms with Gasteiger partial charge in [0.25, 0.3) is 0 Å². The fourth-order valence-electron chi connectivity index (χ4n) is 2.36. The van der Waals surface area contributed by atoms with Gasteiger partial charge in [-0.25, -0.2) is 0 Å². The van der Waals surface area contributed by atoms with E-state index in [1.54, 1.807) is 0 Å². The number of nitrogens with zero attached hydrogens (tertiary/aromatic N) is 3. The third kappa shape index (κ3) is 4.82. The quantitative estimate of drug-likeness (QED) is 0.832. The molecular weight excluding hydrogens is 264 g/mol. The molecule has 1 saturated carbocycles. The van der Waals surface area contributed by atoms with Crippen LogP contribution in [-0.2, 0) is 0 Å². The van der Waals surface area contributed by atoms with Crippen molar-refractivity contribution in [1.82, 2.24) is 15.0 Å². The van der Waals surface area contributed by atoms with Gasteiger partial charge in [-0.3, -0.25) is 0 Å². The Bertz CT molecular complexity index is 396. The minimum atomic E-state index is 0.171. The summed E-state index contributed by atoms with van der Waals surface area (Å²) in [5.41, 5.74) is 0. The van der Waals surface area contributed by atoms with E-state index in [9.17, 15) is 0 Å². The molecule has 1 aliphatic rings. The maximum Gasteiger partial charge on any atom is 0.322 e. The van der Waals surface area contributed by atoms with E-state index < -0.39 is 0 Å². The molecule has 0 radical (unpaired) electrons. The predicted octanol–water partition coefficient (Wildman–Crippen LogP) is 3.31. The van der Waals surface area contributed by atoms with Crippen LogP contribution >= 0.6 is 11.6 Å². The first-order valence-electron chi connectivity index (χ1n) is 7.06. The Kier molecular flexibility index (Phi) is 5.63. The number of anilines is 1. The first-order valence-corrected chi connectivity index (χ1v) is 7.44. The van der Waals surface area contributed by atoms with Crippen molar-refractivity contribution in [3.05, 3.63) is 5.28 Å². The van der Waals surface area contributed by atoms with Gasteiger partial charge in [0.15, 0.2) is 0 Å². The summed E-state index contributed by atoms with van der Waals surface area (Å²) < 4.78 is 5.37. The minimum Gasteiger partial charge on any atom is -0.463 e. The number of nitrogens with one attached hydrogen (secondary N) is 1. The average molecular weight is 285 g/mol. The third-order valence-corrected chi connectivity index (χ3v) is 3.50. The van der Waals surface area contributed by atoms with Crippen molar-refractivity contribution in [3.63, 3.8) is 0 Å². The Morgan fingerprint density at radius 3 is 2.79 bits per heavy atom. The molecule has 0 saturated heterocycles. The van der Waals surface area contributed by atoms with Crippen molar-refractivity contribution >= 4 is 17.5 Å². The predicted molar refractivity (Wildman–Crippen MR) is 75.7 cm³/mol. The van der Waals surface area contributed by atoms with Gasteiger partial charge in [-0.15, -0.1) is 0 Å². The average Bonchev–Trinajstić information content (AvgIpc) is 2.89. The van der Waals surface area contributed by atoms with Gasteiger partial charge in [0, 0.05) is 6.54 Å². The zero-order valence-electron chi connectivity index (χ0n) is 11.4. The summed E-state index contributed by atoms with van der Waals surface area (Å²) in [7, 11) is 0. The Hall–Kier alpha value is -1.10. The molecule has 0 atom stereocenters. The van der Waals surface area contributed by atoms with Gasteiger partial charge in [0.1, 0.15) is 0 Å². The lowest BCUT2D eigenvalue weighted by Crippen LogP contribution is -2.11. The van der Waals surface area contributed by atoms with Crippen LogP contribution in [0.2, 0.25) is 5.28 Å². The highest BCUT2D eigenvalue weighted by Crippen LogP contribution is 2.27. The Morgan fingerprint density at radius 1 is 1.26 bits per heavy atom. The van der Waals surface area contributed by atoms with Crippen LogP contribution in [0.5, 0.6) is 6.01 Å². The molecule has 2 rings (SSSR count). The lowest BCUT2D eigenvalue weighted by Gasteiger charge is -2.10. The van der Waals surface area contributed by atoms with Crippen molar-refractivity contribution in [1.29, 1.82) is 0 Å². The lowest BCUT2D eigenvalue weighted by molar-refractivity contribution is 0.291. The van der Waals surface area contributed by atoms with E-state index in [2.05, 4.69) is 20.3 Å². The molecule has 0 aliphatic heterocycles. The summed E-state index contributed by atoms with van der Waals surface area (Å²) in [5, 5.41) is 3.37. The number of hydrogen-bond donors (Lipinski definition) is 1. The topological polar surface area (TPSA) is 59.9 Å². The van der Waals surface area contributed by atoms with Crippen molar-refractivity contribution in [2.45, 2.75) is 45.4 Å². The van der Waals surface area contributed by atoms with E-state index in [4.69, 9.17) is 16.3 Å². The molecule has 106 valence electrons. The largest absolute Gasteiger partial charge is 0.463 e. The molecule has 0 bridgehead atoms. The minimum absolute atomic E-state index is 0.171. The molecule has 0 amide bonds. The lowest BCUT2D eigenvalue weighted by atomic mass is 10.0. The summed E-state index contributed by atoms with van der Waals surface area (Å²) in [6.07, 6.45) is 7.52. The van der Waals surface area contributed by atoms with Gasteiger partial charge < -0.3 is 10.1 Å². The summed E-state index contributed by atoms with van der Waals surface area (Å²) >= 11 is 5.85. The van der Waals surface area contributed by atoms with Crippen molar-refractivity contribution in [2.75, 3.05) is 18.5 Å². The van der Waals surface area contributed by atoms with E-state index >= 15 is 0 Å². The number of halogens is 1. The molecule has 1 N–H and O–H groups in total. The second-order valence-corrected chi connectivity index (χ2v) is 5.26. The van der Waals surface area contributed by atoms with Crippen molar-refractivity contribution in [3.8, 4) is 6.01 Å². The summed E-state index contributed by atoms with van der Waals surface area (Å²) in [6, 6.07) is 0.296. The van der Waals surface area contributed by atoms with E-state index in [1.807, 2.05) is 6.92 Å². The zero-order chi connectivity index (χ0) is 13.5. The molecule has 6 heteroatoms. The van der Waals surface area contributed by atoms with Crippen LogP contribution in [0.25, 0.3) is 0 Å². The molecule has 1 aliphatic carbocycles. The van der Waals surface area contributed by atoms with Crippen LogP contribution < -0.4 is 10.1 Å². The molecule has 0 unspecified atom stereocenters. The SMILES string of the molecule is CCCOc1nc(Cl)nc(NCCC2CCCC2)n1.